The molecular weight excluding hydrogens is 286 g/mol. The Kier molecular flexibility index (Phi) is 9.08. The molecule has 0 heterocycles. The first-order valence-electron chi connectivity index (χ1n) is 6.34. The zero-order valence-electron chi connectivity index (χ0n) is 11.5. The summed E-state index contributed by atoms with van der Waals surface area (Å²) in [6.45, 7) is 1.47. The van der Waals surface area contributed by atoms with Crippen LogP contribution in [-0.2, 0) is 11.3 Å². The Labute approximate surface area is 124 Å². The monoisotopic (exact) mass is 306 g/mol. The van der Waals surface area contributed by atoms with E-state index in [9.17, 15) is 13.6 Å². The molecule has 0 fully saturated rings. The van der Waals surface area contributed by atoms with Gasteiger partial charge in [0.15, 0.2) is 0 Å². The van der Waals surface area contributed by atoms with E-state index in [4.69, 9.17) is 5.73 Å². The molecule has 0 saturated heterocycles. The van der Waals surface area contributed by atoms with E-state index in [0.29, 0.717) is 6.42 Å². The second-order valence-electron chi connectivity index (χ2n) is 4.67. The van der Waals surface area contributed by atoms with E-state index in [2.05, 4.69) is 0 Å². The van der Waals surface area contributed by atoms with Gasteiger partial charge in [-0.05, 0) is 18.9 Å². The predicted molar refractivity (Wildman–Crippen MR) is 78.0 cm³/mol. The average molecular weight is 307 g/mol. The number of rotatable bonds is 7. The summed E-state index contributed by atoms with van der Waals surface area (Å²) in [7, 11) is 0. The molecule has 1 amide bonds. The molecular formula is C14H21ClF2N2O. The summed E-state index contributed by atoms with van der Waals surface area (Å²) in [6, 6.07) is 9.02. The van der Waals surface area contributed by atoms with E-state index in [0.717, 1.165) is 5.56 Å². The normalized spacial score (nSPS) is 11.8. The van der Waals surface area contributed by atoms with Crippen LogP contribution in [0.1, 0.15) is 25.3 Å². The van der Waals surface area contributed by atoms with Crippen molar-refractivity contribution in [3.8, 4) is 0 Å². The van der Waals surface area contributed by atoms with Crippen molar-refractivity contribution in [2.75, 3.05) is 6.54 Å². The summed E-state index contributed by atoms with van der Waals surface area (Å²) in [5.41, 5.74) is 6.42. The standard InChI is InChI=1S/C14H20F2N2O.ClH/c1-11(17)7-8-14(19)18(10-13(15)16)9-12-5-3-2-4-6-12;/h2-6,11,13H,7-10,17H2,1H3;1H. The van der Waals surface area contributed by atoms with Crippen molar-refractivity contribution in [3.05, 3.63) is 35.9 Å². The largest absolute Gasteiger partial charge is 0.333 e. The quantitative estimate of drug-likeness (QED) is 0.842. The fourth-order valence-electron chi connectivity index (χ4n) is 1.73. The van der Waals surface area contributed by atoms with Crippen LogP contribution in [0, 0.1) is 0 Å². The summed E-state index contributed by atoms with van der Waals surface area (Å²) < 4.78 is 25.1. The third kappa shape index (κ3) is 7.40. The van der Waals surface area contributed by atoms with Gasteiger partial charge in [0.2, 0.25) is 5.91 Å². The van der Waals surface area contributed by atoms with Crippen LogP contribution in [0.2, 0.25) is 0 Å². The number of carbonyl (C=O) groups excluding carboxylic acids is 1. The van der Waals surface area contributed by atoms with Crippen molar-refractivity contribution in [1.29, 1.82) is 0 Å². The first-order valence-corrected chi connectivity index (χ1v) is 6.34. The molecule has 6 heteroatoms. The van der Waals surface area contributed by atoms with Gasteiger partial charge < -0.3 is 10.6 Å². The Balaban J connectivity index is 0.00000361. The van der Waals surface area contributed by atoms with Crippen molar-refractivity contribution in [2.24, 2.45) is 5.73 Å². The Bertz CT molecular complexity index is 388. The number of carbonyl (C=O) groups is 1. The fraction of sp³-hybridized carbons (Fsp3) is 0.500. The molecule has 0 saturated carbocycles. The van der Waals surface area contributed by atoms with Gasteiger partial charge in [0.1, 0.15) is 0 Å². The lowest BCUT2D eigenvalue weighted by Crippen LogP contribution is -2.35. The van der Waals surface area contributed by atoms with Crippen molar-refractivity contribution in [3.63, 3.8) is 0 Å². The molecule has 0 aliphatic carbocycles. The van der Waals surface area contributed by atoms with Crippen molar-refractivity contribution < 1.29 is 13.6 Å². The van der Waals surface area contributed by atoms with Gasteiger partial charge in [0, 0.05) is 19.0 Å². The number of amides is 1. The summed E-state index contributed by atoms with van der Waals surface area (Å²) in [5.74, 6) is -0.276. The second-order valence-corrected chi connectivity index (χ2v) is 4.67. The van der Waals surface area contributed by atoms with E-state index >= 15 is 0 Å². The minimum absolute atomic E-state index is 0. The lowest BCUT2D eigenvalue weighted by molar-refractivity contribution is -0.134. The molecule has 1 aromatic rings. The fourth-order valence-corrected chi connectivity index (χ4v) is 1.73. The Morgan fingerprint density at radius 3 is 2.40 bits per heavy atom. The number of nitrogens with two attached hydrogens (primary N) is 1. The van der Waals surface area contributed by atoms with Gasteiger partial charge >= 0.3 is 0 Å². The Hall–Kier alpha value is -1.20. The Morgan fingerprint density at radius 1 is 1.30 bits per heavy atom. The molecule has 0 aliphatic heterocycles. The Morgan fingerprint density at radius 2 is 1.90 bits per heavy atom. The third-order valence-electron chi connectivity index (χ3n) is 2.74. The van der Waals surface area contributed by atoms with Gasteiger partial charge in [-0.15, -0.1) is 12.4 Å². The van der Waals surface area contributed by atoms with Crippen molar-refractivity contribution in [1.82, 2.24) is 4.90 Å². The number of hydrogen-bond acceptors (Lipinski definition) is 2. The maximum Gasteiger partial charge on any atom is 0.255 e. The van der Waals surface area contributed by atoms with E-state index in [1.54, 1.807) is 6.92 Å². The highest BCUT2D eigenvalue weighted by molar-refractivity contribution is 5.85. The summed E-state index contributed by atoms with van der Waals surface area (Å²) in [4.78, 5) is 13.1. The zero-order chi connectivity index (χ0) is 14.3. The van der Waals surface area contributed by atoms with E-state index in [-0.39, 0.29) is 37.3 Å². The smallest absolute Gasteiger partial charge is 0.255 e. The summed E-state index contributed by atoms with van der Waals surface area (Å²) >= 11 is 0. The maximum absolute atomic E-state index is 12.5. The van der Waals surface area contributed by atoms with Crippen LogP contribution in [0.5, 0.6) is 0 Å². The van der Waals surface area contributed by atoms with Gasteiger partial charge in [0.25, 0.3) is 6.43 Å². The summed E-state index contributed by atoms with van der Waals surface area (Å²) in [5, 5.41) is 0. The van der Waals surface area contributed by atoms with Crippen molar-refractivity contribution >= 4 is 18.3 Å². The van der Waals surface area contributed by atoms with Crippen LogP contribution in [-0.4, -0.2) is 29.8 Å². The molecule has 1 atom stereocenters. The highest BCUT2D eigenvalue weighted by Gasteiger charge is 2.18. The molecule has 0 aromatic heterocycles. The highest BCUT2D eigenvalue weighted by atomic mass is 35.5. The van der Waals surface area contributed by atoms with Crippen LogP contribution >= 0.6 is 12.4 Å². The van der Waals surface area contributed by atoms with E-state index < -0.39 is 13.0 Å². The molecule has 1 unspecified atom stereocenters. The van der Waals surface area contributed by atoms with Gasteiger partial charge in [-0.2, -0.15) is 0 Å². The van der Waals surface area contributed by atoms with Gasteiger partial charge in [-0.1, -0.05) is 30.3 Å². The lowest BCUT2D eigenvalue weighted by atomic mass is 10.1. The van der Waals surface area contributed by atoms with Crippen LogP contribution in [0.25, 0.3) is 0 Å². The maximum atomic E-state index is 12.5. The first-order chi connectivity index (χ1) is 8.99. The summed E-state index contributed by atoms with van der Waals surface area (Å²) in [6.07, 6.45) is -1.81. The molecule has 1 aromatic carbocycles. The number of benzene rings is 1. The van der Waals surface area contributed by atoms with Crippen LogP contribution in [0.4, 0.5) is 8.78 Å². The molecule has 0 aliphatic rings. The van der Waals surface area contributed by atoms with Gasteiger partial charge in [-0.3, -0.25) is 4.79 Å². The predicted octanol–water partition coefficient (Wildman–Crippen LogP) is 2.83. The molecule has 1 rings (SSSR count). The first kappa shape index (κ1) is 18.8. The van der Waals surface area contributed by atoms with E-state index in [1.807, 2.05) is 30.3 Å². The van der Waals surface area contributed by atoms with Crippen LogP contribution in [0.15, 0.2) is 30.3 Å². The number of hydrogen-bond donors (Lipinski definition) is 1. The van der Waals surface area contributed by atoms with Crippen LogP contribution in [0.3, 0.4) is 0 Å². The number of nitrogens with zero attached hydrogens (tertiary/aromatic N) is 1. The number of alkyl halides is 2. The van der Waals surface area contributed by atoms with Gasteiger partial charge in [0.05, 0.1) is 6.54 Å². The molecule has 0 bridgehead atoms. The minimum Gasteiger partial charge on any atom is -0.333 e. The lowest BCUT2D eigenvalue weighted by Gasteiger charge is -2.23. The van der Waals surface area contributed by atoms with Crippen LogP contribution < -0.4 is 5.73 Å². The third-order valence-corrected chi connectivity index (χ3v) is 2.74. The molecule has 114 valence electrons. The topological polar surface area (TPSA) is 46.3 Å². The van der Waals surface area contributed by atoms with E-state index in [1.165, 1.54) is 4.90 Å². The van der Waals surface area contributed by atoms with Crippen molar-refractivity contribution in [2.45, 2.75) is 38.8 Å². The molecule has 0 radical (unpaired) electrons. The molecule has 3 nitrogen and oxygen atoms in total. The highest BCUT2D eigenvalue weighted by Crippen LogP contribution is 2.10. The molecule has 2 N–H and O–H groups in total. The molecule has 0 spiro atoms. The average Bonchev–Trinajstić information content (AvgIpc) is 2.36. The second kappa shape index (κ2) is 9.66. The minimum atomic E-state index is -2.53. The SMILES string of the molecule is CC(N)CCC(=O)N(Cc1ccccc1)CC(F)F.Cl. The molecule has 20 heavy (non-hydrogen) atoms. The van der Waals surface area contributed by atoms with Gasteiger partial charge in [-0.25, -0.2) is 8.78 Å². The zero-order valence-corrected chi connectivity index (χ0v) is 12.3. The number of halogens is 3.